The molecule has 1 amide bonds. The van der Waals surface area contributed by atoms with Crippen LogP contribution in [0.5, 0.6) is 0 Å². The van der Waals surface area contributed by atoms with Crippen LogP contribution < -0.4 is 5.32 Å². The quantitative estimate of drug-likeness (QED) is 0.720. The van der Waals surface area contributed by atoms with Crippen LogP contribution in [0.15, 0.2) is 6.33 Å². The molecular formula is C11H16N4O3. The Labute approximate surface area is 104 Å². The second-order valence-corrected chi connectivity index (χ2v) is 4.53. The van der Waals surface area contributed by atoms with Gasteiger partial charge in [0.25, 0.3) is 5.91 Å². The van der Waals surface area contributed by atoms with Gasteiger partial charge in [-0.2, -0.15) is 5.10 Å². The first kappa shape index (κ1) is 12.5. The van der Waals surface area contributed by atoms with E-state index in [0.717, 1.165) is 19.3 Å². The highest BCUT2D eigenvalue weighted by molar-refractivity contribution is 5.90. The van der Waals surface area contributed by atoms with Crippen molar-refractivity contribution in [2.24, 2.45) is 11.8 Å². The lowest BCUT2D eigenvalue weighted by Crippen LogP contribution is -2.37. The monoisotopic (exact) mass is 252 g/mol. The molecule has 0 spiro atoms. The van der Waals surface area contributed by atoms with Crippen LogP contribution >= 0.6 is 0 Å². The van der Waals surface area contributed by atoms with Crippen molar-refractivity contribution in [1.29, 1.82) is 0 Å². The molecule has 0 aromatic carbocycles. The number of carbonyl (C=O) groups is 2. The number of aromatic nitrogens is 3. The fourth-order valence-corrected chi connectivity index (χ4v) is 2.40. The van der Waals surface area contributed by atoms with Gasteiger partial charge in [0, 0.05) is 6.54 Å². The minimum Gasteiger partial charge on any atom is -0.481 e. The zero-order valence-corrected chi connectivity index (χ0v) is 9.93. The van der Waals surface area contributed by atoms with E-state index in [9.17, 15) is 9.59 Å². The first-order chi connectivity index (χ1) is 8.68. The normalized spacial score (nSPS) is 23.6. The van der Waals surface area contributed by atoms with E-state index in [2.05, 4.69) is 20.5 Å². The number of nitrogens with one attached hydrogen (secondary N) is 2. The summed E-state index contributed by atoms with van der Waals surface area (Å²) in [6.07, 6.45) is 4.76. The van der Waals surface area contributed by atoms with E-state index in [1.165, 1.54) is 6.33 Å². The third kappa shape index (κ3) is 2.85. The van der Waals surface area contributed by atoms with Crippen LogP contribution in [0.4, 0.5) is 0 Å². The molecule has 0 saturated heterocycles. The molecule has 18 heavy (non-hydrogen) atoms. The number of carboxylic acids is 1. The zero-order chi connectivity index (χ0) is 13.0. The minimum absolute atomic E-state index is 0.00289. The number of nitrogens with zero attached hydrogens (tertiary/aromatic N) is 2. The molecule has 7 heteroatoms. The van der Waals surface area contributed by atoms with E-state index in [0.29, 0.717) is 13.0 Å². The third-order valence-corrected chi connectivity index (χ3v) is 3.38. The van der Waals surface area contributed by atoms with Gasteiger partial charge in [-0.3, -0.25) is 14.7 Å². The highest BCUT2D eigenvalue weighted by atomic mass is 16.4. The molecule has 1 aromatic heterocycles. The molecule has 0 radical (unpaired) electrons. The van der Waals surface area contributed by atoms with Crippen LogP contribution in [-0.2, 0) is 4.79 Å². The zero-order valence-electron chi connectivity index (χ0n) is 9.93. The van der Waals surface area contributed by atoms with Gasteiger partial charge in [0.1, 0.15) is 6.33 Å². The predicted octanol–water partition coefficient (Wildman–Crippen LogP) is 0.425. The van der Waals surface area contributed by atoms with Gasteiger partial charge in [-0.15, -0.1) is 0 Å². The molecule has 3 N–H and O–H groups in total. The molecule has 2 atom stereocenters. The van der Waals surface area contributed by atoms with Crippen LogP contribution in [0, 0.1) is 11.8 Å². The first-order valence-electron chi connectivity index (χ1n) is 6.05. The number of rotatable bonds is 4. The summed E-state index contributed by atoms with van der Waals surface area (Å²) >= 11 is 0. The summed E-state index contributed by atoms with van der Waals surface area (Å²) in [4.78, 5) is 26.5. The van der Waals surface area contributed by atoms with Gasteiger partial charge in [-0.1, -0.05) is 12.8 Å². The van der Waals surface area contributed by atoms with Crippen LogP contribution in [-0.4, -0.2) is 38.7 Å². The smallest absolute Gasteiger partial charge is 0.306 e. The van der Waals surface area contributed by atoms with Crippen molar-refractivity contribution in [3.8, 4) is 0 Å². The van der Waals surface area contributed by atoms with Crippen LogP contribution in [0.1, 0.15) is 36.3 Å². The highest BCUT2D eigenvalue weighted by Crippen LogP contribution is 2.29. The molecular weight excluding hydrogens is 236 g/mol. The van der Waals surface area contributed by atoms with Gasteiger partial charge in [-0.05, 0) is 18.8 Å². The molecule has 1 aromatic rings. The lowest BCUT2D eigenvalue weighted by Gasteiger charge is -2.28. The van der Waals surface area contributed by atoms with E-state index in [1.54, 1.807) is 0 Å². The summed E-state index contributed by atoms with van der Waals surface area (Å²) in [5, 5.41) is 17.9. The van der Waals surface area contributed by atoms with Crippen molar-refractivity contribution in [3.05, 3.63) is 12.2 Å². The molecule has 1 fully saturated rings. The number of aliphatic carboxylic acids is 1. The minimum atomic E-state index is -0.770. The lowest BCUT2D eigenvalue weighted by atomic mass is 9.79. The average molecular weight is 252 g/mol. The Morgan fingerprint density at radius 2 is 2.22 bits per heavy atom. The maximum atomic E-state index is 11.6. The van der Waals surface area contributed by atoms with E-state index in [-0.39, 0.29) is 23.6 Å². The topological polar surface area (TPSA) is 108 Å². The number of H-pyrrole nitrogens is 1. The van der Waals surface area contributed by atoms with Crippen molar-refractivity contribution in [2.75, 3.05) is 6.54 Å². The summed E-state index contributed by atoms with van der Waals surface area (Å²) in [5.41, 5.74) is 0. The Bertz CT molecular complexity index is 418. The maximum absolute atomic E-state index is 11.6. The van der Waals surface area contributed by atoms with Gasteiger partial charge in [0.15, 0.2) is 0 Å². The summed E-state index contributed by atoms with van der Waals surface area (Å²) < 4.78 is 0. The summed E-state index contributed by atoms with van der Waals surface area (Å²) in [7, 11) is 0. The SMILES string of the molecule is O=C(NCC1CCCCC1C(=O)O)c1ncn[nH]1. The van der Waals surface area contributed by atoms with Gasteiger partial charge in [0.2, 0.25) is 5.82 Å². The highest BCUT2D eigenvalue weighted by Gasteiger charge is 2.30. The molecule has 1 saturated carbocycles. The Kier molecular flexibility index (Phi) is 3.91. The number of aromatic amines is 1. The van der Waals surface area contributed by atoms with Crippen molar-refractivity contribution in [1.82, 2.24) is 20.5 Å². The summed E-state index contributed by atoms with van der Waals surface area (Å²) in [6.45, 7) is 0.372. The Morgan fingerprint density at radius 1 is 1.44 bits per heavy atom. The Morgan fingerprint density at radius 3 is 2.89 bits per heavy atom. The number of hydrogen-bond acceptors (Lipinski definition) is 4. The molecule has 2 rings (SSSR count). The van der Waals surface area contributed by atoms with E-state index in [1.807, 2.05) is 0 Å². The number of carboxylic acid groups (broad SMARTS) is 1. The second kappa shape index (κ2) is 5.61. The first-order valence-corrected chi connectivity index (χ1v) is 6.05. The standard InChI is InChI=1S/C11H16N4O3/c16-10(9-13-6-14-15-9)12-5-7-3-1-2-4-8(7)11(17)18/h6-8H,1-5H2,(H,12,16)(H,17,18)(H,13,14,15). The van der Waals surface area contributed by atoms with Crippen molar-refractivity contribution >= 4 is 11.9 Å². The van der Waals surface area contributed by atoms with Crippen LogP contribution in [0.2, 0.25) is 0 Å². The maximum Gasteiger partial charge on any atom is 0.306 e. The molecule has 2 unspecified atom stereocenters. The average Bonchev–Trinajstić information content (AvgIpc) is 2.90. The van der Waals surface area contributed by atoms with Gasteiger partial charge in [-0.25, -0.2) is 4.98 Å². The predicted molar refractivity (Wildman–Crippen MR) is 61.8 cm³/mol. The lowest BCUT2D eigenvalue weighted by molar-refractivity contribution is -0.144. The molecule has 1 aliphatic rings. The molecule has 98 valence electrons. The summed E-state index contributed by atoms with van der Waals surface area (Å²) in [6, 6.07) is 0. The Balaban J connectivity index is 1.88. The fraction of sp³-hybridized carbons (Fsp3) is 0.636. The number of hydrogen-bond donors (Lipinski definition) is 3. The van der Waals surface area contributed by atoms with Crippen molar-refractivity contribution < 1.29 is 14.7 Å². The van der Waals surface area contributed by atoms with Gasteiger partial charge < -0.3 is 10.4 Å². The van der Waals surface area contributed by atoms with Crippen molar-refractivity contribution in [3.63, 3.8) is 0 Å². The molecule has 0 aliphatic heterocycles. The van der Waals surface area contributed by atoms with Crippen LogP contribution in [0.25, 0.3) is 0 Å². The summed E-state index contributed by atoms with van der Waals surface area (Å²) in [5.74, 6) is -1.31. The molecule has 7 nitrogen and oxygen atoms in total. The largest absolute Gasteiger partial charge is 0.481 e. The van der Waals surface area contributed by atoms with E-state index >= 15 is 0 Å². The number of carbonyl (C=O) groups excluding carboxylic acids is 1. The van der Waals surface area contributed by atoms with Gasteiger partial charge >= 0.3 is 5.97 Å². The molecule has 0 bridgehead atoms. The van der Waals surface area contributed by atoms with E-state index < -0.39 is 5.97 Å². The van der Waals surface area contributed by atoms with Gasteiger partial charge in [0.05, 0.1) is 5.92 Å². The Hall–Kier alpha value is -1.92. The third-order valence-electron chi connectivity index (χ3n) is 3.38. The molecule has 1 aliphatic carbocycles. The molecule has 1 heterocycles. The fourth-order valence-electron chi connectivity index (χ4n) is 2.40. The second-order valence-electron chi connectivity index (χ2n) is 4.53. The number of amides is 1. The van der Waals surface area contributed by atoms with E-state index in [4.69, 9.17) is 5.11 Å². The van der Waals surface area contributed by atoms with Crippen LogP contribution in [0.3, 0.4) is 0 Å². The van der Waals surface area contributed by atoms with Crippen molar-refractivity contribution in [2.45, 2.75) is 25.7 Å².